The lowest BCUT2D eigenvalue weighted by Gasteiger charge is -2.25. The number of carbonyl (C=O) groups is 4. The van der Waals surface area contributed by atoms with Crippen LogP contribution in [0.4, 0.5) is 0 Å². The average molecular weight is 464 g/mol. The highest BCUT2D eigenvalue weighted by Crippen LogP contribution is 2.34. The standard InChI is InChI=1S/C26H41NO6/c1-6-7-8-9-10-12-15-21-22(24(30)18-23(21)27-19(2)28)16-13-11-14-17-26(4,25(31)32-5)33-20(3)29/h11-13,15,21-23H,6-10,14,16-18H2,1-5H3,(H,27,28)/b13-11-,15-12+/t21-,22-,23-,26?/m1/s1. The number of carbonyl (C=O) groups excluding carboxylic acids is 4. The highest BCUT2D eigenvalue weighted by atomic mass is 16.6. The number of hydrogen-bond acceptors (Lipinski definition) is 6. The molecule has 7 heteroatoms. The first kappa shape index (κ1) is 28.6. The van der Waals surface area contributed by atoms with Gasteiger partial charge in [0.05, 0.1) is 7.11 Å². The lowest BCUT2D eigenvalue weighted by atomic mass is 9.89. The van der Waals surface area contributed by atoms with E-state index in [1.54, 1.807) is 0 Å². The van der Waals surface area contributed by atoms with Crippen molar-refractivity contribution in [2.45, 2.75) is 97.1 Å². The zero-order valence-electron chi connectivity index (χ0n) is 20.9. The molecule has 0 spiro atoms. The number of ketones is 1. The Morgan fingerprint density at radius 3 is 2.42 bits per heavy atom. The van der Waals surface area contributed by atoms with Gasteiger partial charge < -0.3 is 14.8 Å². The van der Waals surface area contributed by atoms with Crippen molar-refractivity contribution < 1.29 is 28.7 Å². The summed E-state index contributed by atoms with van der Waals surface area (Å²) in [5.74, 6) is -1.34. The van der Waals surface area contributed by atoms with Crippen molar-refractivity contribution in [1.82, 2.24) is 5.32 Å². The van der Waals surface area contributed by atoms with Crippen LogP contribution in [-0.2, 0) is 28.7 Å². The van der Waals surface area contributed by atoms with E-state index in [1.807, 2.05) is 12.2 Å². The molecular weight excluding hydrogens is 422 g/mol. The Bertz CT molecular complexity index is 728. The number of hydrogen-bond donors (Lipinski definition) is 1. The second kappa shape index (κ2) is 14.7. The van der Waals surface area contributed by atoms with Crippen LogP contribution in [0.1, 0.15) is 85.5 Å². The first-order valence-electron chi connectivity index (χ1n) is 12.0. The number of Topliss-reactive ketones (excluding diaryl/α,β-unsaturated/α-hetero) is 1. The van der Waals surface area contributed by atoms with Crippen molar-refractivity contribution >= 4 is 23.6 Å². The summed E-state index contributed by atoms with van der Waals surface area (Å²) in [5, 5.41) is 2.94. The van der Waals surface area contributed by atoms with Gasteiger partial charge in [0.1, 0.15) is 5.78 Å². The molecule has 0 heterocycles. The maximum Gasteiger partial charge on any atom is 0.350 e. The number of rotatable bonds is 14. The molecule has 1 aliphatic carbocycles. The van der Waals surface area contributed by atoms with Crippen LogP contribution in [0.15, 0.2) is 24.3 Å². The molecule has 0 saturated heterocycles. The molecule has 0 radical (unpaired) electrons. The van der Waals surface area contributed by atoms with Gasteiger partial charge in [-0.05, 0) is 32.6 Å². The summed E-state index contributed by atoms with van der Waals surface area (Å²) in [4.78, 5) is 47.7. The molecule has 1 saturated carbocycles. The van der Waals surface area contributed by atoms with Gasteiger partial charge in [-0.25, -0.2) is 4.79 Å². The second-order valence-corrected chi connectivity index (χ2v) is 9.00. The Balaban J connectivity index is 2.74. The van der Waals surface area contributed by atoms with Gasteiger partial charge in [0, 0.05) is 44.6 Å². The summed E-state index contributed by atoms with van der Waals surface area (Å²) in [6.07, 6.45) is 15.5. The molecule has 1 rings (SSSR count). The van der Waals surface area contributed by atoms with E-state index in [0.717, 1.165) is 12.8 Å². The van der Waals surface area contributed by atoms with E-state index in [-0.39, 0.29) is 36.0 Å². The van der Waals surface area contributed by atoms with Crippen molar-refractivity contribution in [3.8, 4) is 0 Å². The van der Waals surface area contributed by atoms with Crippen molar-refractivity contribution in [2.75, 3.05) is 7.11 Å². The monoisotopic (exact) mass is 463 g/mol. The van der Waals surface area contributed by atoms with Gasteiger partial charge >= 0.3 is 11.9 Å². The molecule has 186 valence electrons. The summed E-state index contributed by atoms with van der Waals surface area (Å²) in [5.41, 5.74) is -1.34. The molecule has 0 bridgehead atoms. The maximum absolute atomic E-state index is 12.7. The predicted molar refractivity (Wildman–Crippen MR) is 127 cm³/mol. The minimum Gasteiger partial charge on any atom is -0.466 e. The molecule has 1 amide bonds. The maximum atomic E-state index is 12.7. The molecule has 1 aliphatic rings. The summed E-state index contributed by atoms with van der Waals surface area (Å²) in [7, 11) is 1.26. The van der Waals surface area contributed by atoms with E-state index in [2.05, 4.69) is 24.4 Å². The van der Waals surface area contributed by atoms with Crippen LogP contribution in [0.3, 0.4) is 0 Å². The minimum atomic E-state index is -1.34. The van der Waals surface area contributed by atoms with Crippen molar-refractivity contribution in [3.05, 3.63) is 24.3 Å². The quantitative estimate of drug-likeness (QED) is 0.232. The van der Waals surface area contributed by atoms with Crippen LogP contribution in [-0.4, -0.2) is 42.4 Å². The lowest BCUT2D eigenvalue weighted by Crippen LogP contribution is -2.40. The Kier molecular flexibility index (Phi) is 12.7. The largest absolute Gasteiger partial charge is 0.466 e. The Hall–Kier alpha value is -2.44. The molecule has 0 aromatic carbocycles. The molecule has 1 unspecified atom stereocenters. The van der Waals surface area contributed by atoms with Gasteiger partial charge in [-0.1, -0.05) is 50.5 Å². The summed E-state index contributed by atoms with van der Waals surface area (Å²) in [6, 6.07) is -0.174. The zero-order valence-corrected chi connectivity index (χ0v) is 20.9. The van der Waals surface area contributed by atoms with Gasteiger partial charge in [0.15, 0.2) is 0 Å². The second-order valence-electron chi connectivity index (χ2n) is 9.00. The van der Waals surface area contributed by atoms with Gasteiger partial charge in [0.25, 0.3) is 0 Å². The van der Waals surface area contributed by atoms with Crippen LogP contribution in [0.5, 0.6) is 0 Å². The summed E-state index contributed by atoms with van der Waals surface area (Å²) >= 11 is 0. The number of esters is 2. The van der Waals surface area contributed by atoms with Gasteiger partial charge in [-0.3, -0.25) is 14.4 Å². The van der Waals surface area contributed by atoms with Crippen LogP contribution >= 0.6 is 0 Å². The first-order valence-corrected chi connectivity index (χ1v) is 12.0. The molecule has 0 aromatic heterocycles. The van der Waals surface area contributed by atoms with E-state index in [0.29, 0.717) is 19.3 Å². The number of nitrogens with one attached hydrogen (secondary N) is 1. The molecule has 0 aromatic rings. The predicted octanol–water partition coefficient (Wildman–Crippen LogP) is 4.44. The Morgan fingerprint density at radius 2 is 1.82 bits per heavy atom. The highest BCUT2D eigenvalue weighted by Gasteiger charge is 2.40. The number of amides is 1. The van der Waals surface area contributed by atoms with E-state index in [9.17, 15) is 19.2 Å². The summed E-state index contributed by atoms with van der Waals surface area (Å²) in [6.45, 7) is 6.45. The molecule has 1 fully saturated rings. The number of methoxy groups -OCH3 is 1. The van der Waals surface area contributed by atoms with Crippen LogP contribution in [0, 0.1) is 11.8 Å². The fourth-order valence-corrected chi connectivity index (χ4v) is 4.35. The molecule has 0 aliphatic heterocycles. The van der Waals surface area contributed by atoms with Gasteiger partial charge in [0.2, 0.25) is 11.5 Å². The number of allylic oxidation sites excluding steroid dienone is 3. The van der Waals surface area contributed by atoms with Crippen molar-refractivity contribution in [2.24, 2.45) is 11.8 Å². The van der Waals surface area contributed by atoms with Crippen LogP contribution < -0.4 is 5.32 Å². The zero-order chi connectivity index (χ0) is 24.9. The third kappa shape index (κ3) is 9.93. The SMILES string of the molecule is CCCCCC/C=C/[C@H]1[C@H](NC(C)=O)CC(=O)[C@@H]1C/C=C\CCC(C)(OC(C)=O)C(=O)OC. The van der Waals surface area contributed by atoms with E-state index in [1.165, 1.54) is 47.1 Å². The van der Waals surface area contributed by atoms with Crippen LogP contribution in [0.25, 0.3) is 0 Å². The Morgan fingerprint density at radius 1 is 1.09 bits per heavy atom. The highest BCUT2D eigenvalue weighted by molar-refractivity contribution is 5.86. The van der Waals surface area contributed by atoms with Gasteiger partial charge in [-0.15, -0.1) is 0 Å². The molecule has 33 heavy (non-hydrogen) atoms. The number of ether oxygens (including phenoxy) is 2. The average Bonchev–Trinajstić information content (AvgIpc) is 3.02. The molecule has 1 N–H and O–H groups in total. The van der Waals surface area contributed by atoms with Gasteiger partial charge in [-0.2, -0.15) is 0 Å². The third-order valence-corrected chi connectivity index (χ3v) is 6.07. The van der Waals surface area contributed by atoms with Crippen molar-refractivity contribution in [1.29, 1.82) is 0 Å². The normalized spacial score (nSPS) is 22.5. The minimum absolute atomic E-state index is 0.0291. The molecule has 7 nitrogen and oxygen atoms in total. The fraction of sp³-hybridized carbons (Fsp3) is 0.692. The fourth-order valence-electron chi connectivity index (χ4n) is 4.35. The summed E-state index contributed by atoms with van der Waals surface area (Å²) < 4.78 is 9.95. The smallest absolute Gasteiger partial charge is 0.350 e. The van der Waals surface area contributed by atoms with E-state index < -0.39 is 17.5 Å². The van der Waals surface area contributed by atoms with Crippen LogP contribution in [0.2, 0.25) is 0 Å². The molecule has 4 atom stereocenters. The van der Waals surface area contributed by atoms with E-state index >= 15 is 0 Å². The van der Waals surface area contributed by atoms with Crippen molar-refractivity contribution in [3.63, 3.8) is 0 Å². The molecular formula is C26H41NO6. The topological polar surface area (TPSA) is 98.8 Å². The third-order valence-electron chi connectivity index (χ3n) is 6.07. The first-order chi connectivity index (χ1) is 15.6. The Labute approximate surface area is 198 Å². The van der Waals surface area contributed by atoms with E-state index in [4.69, 9.17) is 9.47 Å². The lowest BCUT2D eigenvalue weighted by molar-refractivity contribution is -0.178. The number of unbranched alkanes of at least 4 members (excludes halogenated alkanes) is 4.